The number of carbonyl (C=O) groups is 2. The van der Waals surface area contributed by atoms with Crippen LogP contribution in [0.15, 0.2) is 54.6 Å². The van der Waals surface area contributed by atoms with Crippen molar-refractivity contribution in [3.05, 3.63) is 82.9 Å². The topological polar surface area (TPSA) is 67.2 Å². The van der Waals surface area contributed by atoms with Gasteiger partial charge in [-0.05, 0) is 48.2 Å². The lowest BCUT2D eigenvalue weighted by atomic mass is 10.1. The molecule has 0 saturated carbocycles. The number of hydrogen-bond donors (Lipinski definition) is 1. The molecule has 30 heavy (non-hydrogen) atoms. The molecule has 4 rings (SSSR count). The lowest BCUT2D eigenvalue weighted by Gasteiger charge is -2.20. The average Bonchev–Trinajstić information content (AvgIpc) is 3.12. The number of fused-ring (bicyclic) bond motifs is 1. The van der Waals surface area contributed by atoms with Gasteiger partial charge >= 0.3 is 0 Å². The van der Waals surface area contributed by atoms with Crippen molar-refractivity contribution in [1.82, 2.24) is 14.7 Å². The first-order valence-electron chi connectivity index (χ1n) is 10.1. The Balaban J connectivity index is 1.51. The fourth-order valence-electron chi connectivity index (χ4n) is 3.57. The third-order valence-corrected chi connectivity index (χ3v) is 5.20. The number of nitrogens with one attached hydrogen (secondary N) is 1. The Morgan fingerprint density at radius 3 is 2.63 bits per heavy atom. The van der Waals surface area contributed by atoms with Gasteiger partial charge in [0.2, 0.25) is 0 Å². The standard InChI is InChI=1S/C23H23FN4O2/c1-2-16-7-9-19(10-8-16)25-22(29)20-14-21-23(30)27(11-4-12-28(21)26-20)15-17-5-3-6-18(24)13-17/h3,5-10,13-14H,2,4,11-12,15H2,1H3,(H,25,29). The molecular formula is C23H23FN4O2. The lowest BCUT2D eigenvalue weighted by molar-refractivity contribution is 0.0745. The number of carbonyl (C=O) groups excluding carboxylic acids is 2. The Kier molecular flexibility index (Phi) is 5.61. The first-order chi connectivity index (χ1) is 14.5. The van der Waals surface area contributed by atoms with Gasteiger partial charge in [0, 0.05) is 31.4 Å². The van der Waals surface area contributed by atoms with Crippen molar-refractivity contribution < 1.29 is 14.0 Å². The molecule has 2 aromatic carbocycles. The maximum Gasteiger partial charge on any atom is 0.276 e. The van der Waals surface area contributed by atoms with Crippen LogP contribution in [0.2, 0.25) is 0 Å². The first-order valence-corrected chi connectivity index (χ1v) is 10.1. The van der Waals surface area contributed by atoms with Gasteiger partial charge in [-0.2, -0.15) is 5.10 Å². The van der Waals surface area contributed by atoms with E-state index < -0.39 is 0 Å². The van der Waals surface area contributed by atoms with E-state index in [1.54, 1.807) is 21.7 Å². The summed E-state index contributed by atoms with van der Waals surface area (Å²) in [5, 5.41) is 7.17. The molecule has 1 aromatic heterocycles. The van der Waals surface area contributed by atoms with Gasteiger partial charge < -0.3 is 10.2 Å². The van der Waals surface area contributed by atoms with Crippen molar-refractivity contribution in [2.24, 2.45) is 0 Å². The summed E-state index contributed by atoms with van der Waals surface area (Å²) < 4.78 is 15.1. The smallest absolute Gasteiger partial charge is 0.276 e. The molecule has 0 unspecified atom stereocenters. The fraction of sp³-hybridized carbons (Fsp3) is 0.261. The molecule has 3 aromatic rings. The average molecular weight is 406 g/mol. The highest BCUT2D eigenvalue weighted by atomic mass is 19.1. The van der Waals surface area contributed by atoms with Crippen LogP contribution in [0.3, 0.4) is 0 Å². The van der Waals surface area contributed by atoms with E-state index in [9.17, 15) is 14.0 Å². The maximum absolute atomic E-state index is 13.5. The molecule has 0 fully saturated rings. The van der Waals surface area contributed by atoms with Gasteiger partial charge in [-0.25, -0.2) is 4.39 Å². The molecule has 1 N–H and O–H groups in total. The molecule has 2 amide bonds. The number of anilines is 1. The number of halogens is 1. The predicted molar refractivity (Wildman–Crippen MR) is 112 cm³/mol. The third kappa shape index (κ3) is 4.25. The van der Waals surface area contributed by atoms with E-state index in [-0.39, 0.29) is 23.3 Å². The summed E-state index contributed by atoms with van der Waals surface area (Å²) in [5.74, 6) is -0.898. The summed E-state index contributed by atoms with van der Waals surface area (Å²) in [4.78, 5) is 27.3. The van der Waals surface area contributed by atoms with Crippen molar-refractivity contribution in [1.29, 1.82) is 0 Å². The summed E-state index contributed by atoms with van der Waals surface area (Å²) in [5.41, 5.74) is 3.16. The van der Waals surface area contributed by atoms with Crippen LogP contribution in [-0.2, 0) is 19.5 Å². The minimum atomic E-state index is -0.357. The van der Waals surface area contributed by atoms with Gasteiger partial charge in [-0.1, -0.05) is 31.2 Å². The quantitative estimate of drug-likeness (QED) is 0.699. The molecule has 154 valence electrons. The van der Waals surface area contributed by atoms with Crippen LogP contribution in [-0.4, -0.2) is 33.0 Å². The van der Waals surface area contributed by atoms with Gasteiger partial charge in [-0.15, -0.1) is 0 Å². The van der Waals surface area contributed by atoms with E-state index in [2.05, 4.69) is 17.3 Å². The summed E-state index contributed by atoms with van der Waals surface area (Å²) in [6.07, 6.45) is 1.63. The van der Waals surface area contributed by atoms with Crippen molar-refractivity contribution in [3.8, 4) is 0 Å². The summed E-state index contributed by atoms with van der Waals surface area (Å²) in [6, 6.07) is 15.4. The van der Waals surface area contributed by atoms with E-state index >= 15 is 0 Å². The zero-order valence-corrected chi connectivity index (χ0v) is 16.8. The number of rotatable bonds is 5. The number of hydrogen-bond acceptors (Lipinski definition) is 3. The number of amides is 2. The van der Waals surface area contributed by atoms with Crippen molar-refractivity contribution >= 4 is 17.5 Å². The van der Waals surface area contributed by atoms with Crippen LogP contribution in [0.4, 0.5) is 10.1 Å². The highest BCUT2D eigenvalue weighted by Gasteiger charge is 2.26. The molecule has 7 heteroatoms. The lowest BCUT2D eigenvalue weighted by Crippen LogP contribution is -2.30. The molecule has 0 saturated heterocycles. The van der Waals surface area contributed by atoms with E-state index in [1.165, 1.54) is 23.8 Å². The molecule has 0 spiro atoms. The summed E-state index contributed by atoms with van der Waals surface area (Å²) >= 11 is 0. The summed E-state index contributed by atoms with van der Waals surface area (Å²) in [7, 11) is 0. The van der Waals surface area contributed by atoms with Crippen molar-refractivity contribution in [2.75, 3.05) is 11.9 Å². The van der Waals surface area contributed by atoms with Crippen LogP contribution >= 0.6 is 0 Å². The second-order valence-corrected chi connectivity index (χ2v) is 7.35. The monoisotopic (exact) mass is 406 g/mol. The van der Waals surface area contributed by atoms with Crippen LogP contribution in [0, 0.1) is 5.82 Å². The second kappa shape index (κ2) is 8.49. The van der Waals surface area contributed by atoms with Crippen LogP contribution in [0.5, 0.6) is 0 Å². The molecule has 6 nitrogen and oxygen atoms in total. The Bertz CT molecular complexity index is 1080. The molecule has 0 radical (unpaired) electrons. The third-order valence-electron chi connectivity index (χ3n) is 5.20. The van der Waals surface area contributed by atoms with Crippen LogP contribution in [0.25, 0.3) is 0 Å². The molecule has 0 bridgehead atoms. The summed E-state index contributed by atoms with van der Waals surface area (Å²) in [6.45, 7) is 3.47. The van der Waals surface area contributed by atoms with E-state index in [1.807, 2.05) is 24.3 Å². The number of aromatic nitrogens is 2. The normalized spacial score (nSPS) is 13.7. The minimum Gasteiger partial charge on any atom is -0.333 e. The van der Waals surface area contributed by atoms with E-state index in [4.69, 9.17) is 0 Å². The van der Waals surface area contributed by atoms with Gasteiger partial charge in [0.25, 0.3) is 11.8 Å². The van der Waals surface area contributed by atoms with Gasteiger partial charge in [0.1, 0.15) is 11.5 Å². The van der Waals surface area contributed by atoms with Crippen molar-refractivity contribution in [2.45, 2.75) is 32.9 Å². The van der Waals surface area contributed by atoms with Crippen LogP contribution in [0.1, 0.15) is 45.4 Å². The highest BCUT2D eigenvalue weighted by Crippen LogP contribution is 2.18. The SMILES string of the molecule is CCc1ccc(NC(=O)c2cc3n(n2)CCCN(Cc2cccc(F)c2)C3=O)cc1. The van der Waals surface area contributed by atoms with Gasteiger partial charge in [0.05, 0.1) is 0 Å². The Morgan fingerprint density at radius 1 is 1.10 bits per heavy atom. The minimum absolute atomic E-state index is 0.200. The second-order valence-electron chi connectivity index (χ2n) is 7.35. The van der Waals surface area contributed by atoms with Gasteiger partial charge in [-0.3, -0.25) is 14.3 Å². The Morgan fingerprint density at radius 2 is 1.90 bits per heavy atom. The predicted octanol–water partition coefficient (Wildman–Crippen LogP) is 3.88. The molecule has 0 aliphatic carbocycles. The Labute approximate surface area is 174 Å². The molecule has 1 aliphatic rings. The Hall–Kier alpha value is -3.48. The number of benzene rings is 2. The first kappa shape index (κ1) is 19.8. The molecule has 0 atom stereocenters. The number of nitrogens with zero attached hydrogens (tertiary/aromatic N) is 3. The largest absolute Gasteiger partial charge is 0.333 e. The number of aryl methyl sites for hydroxylation is 2. The molecule has 1 aliphatic heterocycles. The van der Waals surface area contributed by atoms with Crippen LogP contribution < -0.4 is 5.32 Å². The zero-order valence-electron chi connectivity index (χ0n) is 16.8. The fourth-order valence-corrected chi connectivity index (χ4v) is 3.57. The molecule has 2 heterocycles. The van der Waals surface area contributed by atoms with E-state index in [0.717, 1.165) is 12.0 Å². The van der Waals surface area contributed by atoms with Crippen molar-refractivity contribution in [3.63, 3.8) is 0 Å². The zero-order chi connectivity index (χ0) is 21.1. The van der Waals surface area contributed by atoms with Gasteiger partial charge in [0.15, 0.2) is 5.69 Å². The molecular weight excluding hydrogens is 383 g/mol. The van der Waals surface area contributed by atoms with E-state index in [0.29, 0.717) is 37.4 Å². The highest BCUT2D eigenvalue weighted by molar-refractivity contribution is 6.04. The maximum atomic E-state index is 13.5.